The number of methoxy groups -OCH3 is 2. The van der Waals surface area contributed by atoms with Crippen molar-refractivity contribution in [2.75, 3.05) is 39.4 Å². The lowest BCUT2D eigenvalue weighted by Gasteiger charge is -2.22. The van der Waals surface area contributed by atoms with Gasteiger partial charge in [-0.1, -0.05) is 15.9 Å². The van der Waals surface area contributed by atoms with Gasteiger partial charge in [0.05, 0.1) is 19.8 Å². The molecule has 0 fully saturated rings. The molecule has 0 saturated carbocycles. The van der Waals surface area contributed by atoms with Crippen molar-refractivity contribution in [1.29, 1.82) is 0 Å². The van der Waals surface area contributed by atoms with Crippen LogP contribution in [0.25, 0.3) is 68.3 Å². The van der Waals surface area contributed by atoms with E-state index >= 15 is 0 Å². The van der Waals surface area contributed by atoms with Crippen LogP contribution in [-0.2, 0) is 25.4 Å². The van der Waals surface area contributed by atoms with E-state index in [1.807, 2.05) is 13.8 Å². The fourth-order valence-electron chi connectivity index (χ4n) is 6.91. The fourth-order valence-corrected chi connectivity index (χ4v) is 7.23. The molecule has 0 atom stereocenters. The molecule has 67 heavy (non-hydrogen) atoms. The smallest absolute Gasteiger partial charge is 0.306 e. The minimum Gasteiger partial charge on any atom is -0.432 e. The van der Waals surface area contributed by atoms with Gasteiger partial charge in [-0.3, -0.25) is 8.80 Å². The molecule has 348 valence electrons. The van der Waals surface area contributed by atoms with Gasteiger partial charge in [0.2, 0.25) is 0 Å². The maximum absolute atomic E-state index is 14.6. The van der Waals surface area contributed by atoms with Crippen molar-refractivity contribution in [2.24, 2.45) is 0 Å². The average molecular weight is 990 g/mol. The Hall–Kier alpha value is -6.92. The Kier molecular flexibility index (Phi) is 13.3. The third-order valence-electron chi connectivity index (χ3n) is 10.0. The van der Waals surface area contributed by atoms with E-state index in [1.54, 1.807) is 78.0 Å². The number of imidazole rings is 2. The molecule has 0 spiro atoms. The number of rotatable bonds is 12. The van der Waals surface area contributed by atoms with Gasteiger partial charge in [-0.05, 0) is 76.2 Å². The lowest BCUT2D eigenvalue weighted by Crippen LogP contribution is -2.27. The van der Waals surface area contributed by atoms with E-state index in [-0.39, 0.29) is 40.0 Å². The van der Waals surface area contributed by atoms with Gasteiger partial charge in [0.25, 0.3) is 0 Å². The average Bonchev–Trinajstić information content (AvgIpc) is 4.14. The van der Waals surface area contributed by atoms with Crippen LogP contribution in [0.15, 0.2) is 94.4 Å². The summed E-state index contributed by atoms with van der Waals surface area (Å²) in [5.41, 5.74) is 1.40. The van der Waals surface area contributed by atoms with Gasteiger partial charge in [0, 0.05) is 55.2 Å². The Morgan fingerprint density at radius 2 is 1.10 bits per heavy atom. The molecule has 1 N–H and O–H groups in total. The summed E-state index contributed by atoms with van der Waals surface area (Å²) >= 11 is 3.18. The van der Waals surface area contributed by atoms with E-state index in [0.29, 0.717) is 53.1 Å². The molecule has 10 rings (SSSR count). The van der Waals surface area contributed by atoms with Gasteiger partial charge >= 0.3 is 11.7 Å². The molecule has 0 aliphatic carbocycles. The minimum atomic E-state index is -1.28. The molecule has 18 nitrogen and oxygen atoms in total. The van der Waals surface area contributed by atoms with E-state index in [9.17, 15) is 22.7 Å². The molecular weight excluding hydrogens is 948 g/mol. The Morgan fingerprint density at radius 1 is 0.627 bits per heavy atom. The van der Waals surface area contributed by atoms with Crippen LogP contribution in [-0.4, -0.2) is 103 Å². The number of ether oxygens (including phenoxy) is 3. The van der Waals surface area contributed by atoms with Crippen molar-refractivity contribution >= 4 is 38.9 Å². The molecule has 0 unspecified atom stereocenters. The number of hydrogen-bond acceptors (Lipinski definition) is 14. The third kappa shape index (κ3) is 9.40. The molecule has 0 saturated heterocycles. The summed E-state index contributed by atoms with van der Waals surface area (Å²) in [6, 6.07) is 13.4. The summed E-state index contributed by atoms with van der Waals surface area (Å²) in [7, 11) is 3.28. The van der Waals surface area contributed by atoms with Gasteiger partial charge in [0.1, 0.15) is 81.2 Å². The van der Waals surface area contributed by atoms with Crippen LogP contribution >= 0.6 is 15.9 Å². The summed E-state index contributed by atoms with van der Waals surface area (Å²) in [4.78, 5) is 8.77. The summed E-state index contributed by atoms with van der Waals surface area (Å²) < 4.78 is 88.7. The second-order valence-corrected chi connectivity index (χ2v) is 16.4. The Morgan fingerprint density at radius 3 is 1.54 bits per heavy atom. The predicted octanol–water partition coefficient (Wildman–Crippen LogP) is 8.11. The lowest BCUT2D eigenvalue weighted by atomic mass is 10.1. The highest BCUT2D eigenvalue weighted by Gasteiger charge is 2.30. The summed E-state index contributed by atoms with van der Waals surface area (Å²) in [5, 5.41) is 37.0. The molecule has 2 aromatic carbocycles. The second kappa shape index (κ2) is 19.1. The molecule has 8 aromatic heterocycles. The minimum absolute atomic E-state index is 0.105. The van der Waals surface area contributed by atoms with Crippen molar-refractivity contribution in [3.05, 3.63) is 121 Å². The molecule has 10 aromatic rings. The summed E-state index contributed by atoms with van der Waals surface area (Å²) in [5.74, 6) is -1.65. The zero-order valence-corrected chi connectivity index (χ0v) is 38.2. The van der Waals surface area contributed by atoms with Crippen LogP contribution < -0.4 is 0 Å². The van der Waals surface area contributed by atoms with E-state index in [4.69, 9.17) is 23.4 Å². The maximum Gasteiger partial charge on any atom is 0.306 e. The van der Waals surface area contributed by atoms with Crippen LogP contribution in [0.1, 0.15) is 39.3 Å². The number of alkyl halides is 1. The molecule has 23 heteroatoms. The fraction of sp³-hybridized carbons (Fsp3) is 0.273. The third-order valence-corrected chi connectivity index (χ3v) is 10.3. The standard InChI is InChI=1S/C22H20F2N6O3.C19H14F2N6O2.C3H7BrO/c1-22(2,33-11-10-31-3)20-27-26-17-7-6-16(28-30(17)20)19-18(25-21-29(19)8-9-32-21)14-5-4-13(23)12-15(14)24;1-19(2,28)17-24-23-14-6-5-13(25-27(14)17)16-15(22-18-26(16)7-8-29-18)11-4-3-10(20)9-12(11)21;1-5-3-2-4/h4-9,12H,10-11H2,1-3H3;3-9,28H,1-2H3;2-3H2,1H3. The number of hydrogen-bond donors (Lipinski definition) is 1. The van der Waals surface area contributed by atoms with E-state index in [0.717, 1.165) is 30.1 Å². The number of oxazole rings is 2. The van der Waals surface area contributed by atoms with Crippen LogP contribution in [0.3, 0.4) is 0 Å². The first-order chi connectivity index (χ1) is 32.1. The first-order valence-electron chi connectivity index (χ1n) is 20.3. The topological polar surface area (TPSA) is 195 Å². The van der Waals surface area contributed by atoms with Crippen molar-refractivity contribution < 1.29 is 45.7 Å². The lowest BCUT2D eigenvalue weighted by molar-refractivity contribution is -0.0496. The quantitative estimate of drug-likeness (QED) is 0.0701. The molecule has 0 bridgehead atoms. The Bertz CT molecular complexity index is 3330. The summed E-state index contributed by atoms with van der Waals surface area (Å²) in [6.45, 7) is 8.47. The van der Waals surface area contributed by atoms with Crippen molar-refractivity contribution in [3.8, 4) is 45.3 Å². The normalized spacial score (nSPS) is 12.0. The van der Waals surface area contributed by atoms with Gasteiger partial charge in [0.15, 0.2) is 22.9 Å². The number of fused-ring (bicyclic) bond motifs is 4. The van der Waals surface area contributed by atoms with Crippen LogP contribution in [0, 0.1) is 23.3 Å². The van der Waals surface area contributed by atoms with E-state index in [1.165, 1.54) is 35.2 Å². The number of halogens is 5. The number of benzene rings is 2. The molecule has 0 aliphatic heterocycles. The van der Waals surface area contributed by atoms with Gasteiger partial charge in [-0.2, -0.15) is 29.2 Å². The van der Waals surface area contributed by atoms with Crippen molar-refractivity contribution in [1.82, 2.24) is 58.4 Å². The first-order valence-corrected chi connectivity index (χ1v) is 21.4. The predicted molar refractivity (Wildman–Crippen MR) is 237 cm³/mol. The molecule has 0 radical (unpaired) electrons. The molecular formula is C44H41BrF4N12O6. The highest BCUT2D eigenvalue weighted by molar-refractivity contribution is 9.09. The number of nitrogens with zero attached hydrogens (tertiary/aromatic N) is 12. The van der Waals surface area contributed by atoms with Gasteiger partial charge in [-0.25, -0.2) is 17.6 Å². The molecule has 0 aliphatic rings. The van der Waals surface area contributed by atoms with Crippen LogP contribution in [0.5, 0.6) is 0 Å². The van der Waals surface area contributed by atoms with Crippen molar-refractivity contribution in [3.63, 3.8) is 0 Å². The van der Waals surface area contributed by atoms with Gasteiger partial charge in [-0.15, -0.1) is 20.4 Å². The highest BCUT2D eigenvalue weighted by Crippen LogP contribution is 2.36. The van der Waals surface area contributed by atoms with E-state index in [2.05, 4.69) is 56.1 Å². The maximum atomic E-state index is 14.6. The Labute approximate surface area is 385 Å². The number of aliphatic hydroxyl groups is 1. The Balaban J connectivity index is 0.000000166. The van der Waals surface area contributed by atoms with Crippen molar-refractivity contribution in [2.45, 2.75) is 38.9 Å². The van der Waals surface area contributed by atoms with Gasteiger partial charge < -0.3 is 28.2 Å². The van der Waals surface area contributed by atoms with Crippen LogP contribution in [0.4, 0.5) is 17.6 Å². The summed E-state index contributed by atoms with van der Waals surface area (Å²) in [6.07, 6.45) is 6.18. The molecule has 0 amide bonds. The zero-order valence-electron chi connectivity index (χ0n) is 36.7. The zero-order chi connectivity index (χ0) is 47.6. The van der Waals surface area contributed by atoms with Crippen LogP contribution in [0.2, 0.25) is 0 Å². The monoisotopic (exact) mass is 988 g/mol. The molecule has 8 heterocycles. The second-order valence-electron chi connectivity index (χ2n) is 15.6. The largest absolute Gasteiger partial charge is 0.432 e. The first kappa shape index (κ1) is 46.6. The SMILES string of the molecule is CC(C)(O)c1nnc2ccc(-c3c(-c4ccc(F)cc4F)nc4occn34)nn12.COCCBr.COCCOC(C)(C)c1nnc2ccc(-c3c(-c4ccc(F)cc4F)nc4occn34)nn12. The highest BCUT2D eigenvalue weighted by atomic mass is 79.9. The number of aromatic nitrogens is 12. The van der Waals surface area contributed by atoms with E-state index < -0.39 is 34.5 Å².